The Morgan fingerprint density at radius 3 is 2.26 bits per heavy atom. The topological polar surface area (TPSA) is 32.3 Å². The maximum atomic E-state index is 13.1. The number of nitrogens with zero attached hydrogens (tertiary/aromatic N) is 1. The summed E-state index contributed by atoms with van der Waals surface area (Å²) in [4.78, 5) is 15.6. The van der Waals surface area contributed by atoms with E-state index >= 15 is 0 Å². The molecule has 0 radical (unpaired) electrons. The van der Waals surface area contributed by atoms with E-state index in [0.29, 0.717) is 17.1 Å². The molecule has 3 aromatic carbocycles. The largest absolute Gasteiger partial charge is 0.372 e. The van der Waals surface area contributed by atoms with Gasteiger partial charge in [0.15, 0.2) is 0 Å². The molecular weight excluding hydrogens is 404 g/mol. The molecule has 1 fully saturated rings. The molecule has 4 rings (SSSR count). The summed E-state index contributed by atoms with van der Waals surface area (Å²) in [5.74, 6) is -0.119. The number of carbonyl (C=O) groups is 1. The van der Waals surface area contributed by atoms with E-state index < -0.39 is 0 Å². The number of carbonyl (C=O) groups excluding carboxylic acids is 1. The van der Waals surface area contributed by atoms with Gasteiger partial charge in [0, 0.05) is 35.9 Å². The fourth-order valence-electron chi connectivity index (χ4n) is 3.90. The molecule has 3 aromatic rings. The lowest BCUT2D eigenvalue weighted by Gasteiger charge is -2.28. The van der Waals surface area contributed by atoms with Gasteiger partial charge in [0.25, 0.3) is 5.91 Å². The highest BCUT2D eigenvalue weighted by Gasteiger charge is 2.14. The Bertz CT molecular complexity index is 1040. The summed E-state index contributed by atoms with van der Waals surface area (Å²) in [7, 11) is 0. The second-order valence-corrected chi connectivity index (χ2v) is 8.25. The van der Waals surface area contributed by atoms with E-state index in [1.165, 1.54) is 24.9 Å². The van der Waals surface area contributed by atoms with Gasteiger partial charge in [-0.1, -0.05) is 72.3 Å². The smallest absolute Gasteiger partial charge is 0.252 e. The van der Waals surface area contributed by atoms with Crippen molar-refractivity contribution >= 4 is 34.8 Å². The highest BCUT2D eigenvalue weighted by molar-refractivity contribution is 6.33. The van der Waals surface area contributed by atoms with E-state index in [1.54, 1.807) is 0 Å². The number of amides is 1. The van der Waals surface area contributed by atoms with Crippen LogP contribution in [0.5, 0.6) is 0 Å². The van der Waals surface area contributed by atoms with Gasteiger partial charge in [0.05, 0.1) is 0 Å². The van der Waals surface area contributed by atoms with E-state index in [4.69, 9.17) is 11.6 Å². The van der Waals surface area contributed by atoms with Crippen LogP contribution in [0.1, 0.15) is 36.0 Å². The monoisotopic (exact) mass is 430 g/mol. The second kappa shape index (κ2) is 10.3. The summed E-state index contributed by atoms with van der Waals surface area (Å²) in [5.41, 5.74) is 4.63. The Morgan fingerprint density at radius 1 is 0.871 bits per heavy atom. The normalized spacial score (nSPS) is 14.4. The number of piperidine rings is 1. The molecule has 158 valence electrons. The molecule has 0 saturated carbocycles. The van der Waals surface area contributed by atoms with E-state index in [1.807, 2.05) is 60.7 Å². The zero-order chi connectivity index (χ0) is 21.5. The summed E-state index contributed by atoms with van der Waals surface area (Å²) in [5, 5.41) is 3.69. The average molecular weight is 431 g/mol. The van der Waals surface area contributed by atoms with Crippen LogP contribution in [0, 0.1) is 0 Å². The first-order valence-electron chi connectivity index (χ1n) is 10.8. The minimum Gasteiger partial charge on any atom is -0.372 e. The highest BCUT2D eigenvalue weighted by atomic mass is 35.5. The molecule has 1 N–H and O–H groups in total. The van der Waals surface area contributed by atoms with E-state index in [-0.39, 0.29) is 5.91 Å². The fraction of sp³-hybridized carbons (Fsp3) is 0.222. The third kappa shape index (κ3) is 5.56. The van der Waals surface area contributed by atoms with E-state index in [0.717, 1.165) is 29.8 Å². The number of hydrogen-bond acceptors (Lipinski definition) is 2. The summed E-state index contributed by atoms with van der Waals surface area (Å²) in [6, 6.07) is 25.8. The third-order valence-electron chi connectivity index (χ3n) is 5.65. The van der Waals surface area contributed by atoms with Gasteiger partial charge in [-0.25, -0.2) is 0 Å². The zero-order valence-corrected chi connectivity index (χ0v) is 18.3. The van der Waals surface area contributed by atoms with Crippen LogP contribution in [-0.4, -0.2) is 19.0 Å². The van der Waals surface area contributed by atoms with Crippen molar-refractivity contribution in [2.75, 3.05) is 18.0 Å². The lowest BCUT2D eigenvalue weighted by atomic mass is 10.0. The predicted molar refractivity (Wildman–Crippen MR) is 130 cm³/mol. The molecule has 31 heavy (non-hydrogen) atoms. The number of hydrogen-bond donors (Lipinski definition) is 1. The SMILES string of the molecule is O=C(NCc1ccc(N2CCCCC2)cc1)/C(=C/c1ccccc1Cl)c1ccccc1. The van der Waals surface area contributed by atoms with Gasteiger partial charge in [0.2, 0.25) is 0 Å². The number of rotatable bonds is 6. The number of benzene rings is 3. The molecule has 1 saturated heterocycles. The molecule has 0 aliphatic carbocycles. The van der Waals surface area contributed by atoms with E-state index in [2.05, 4.69) is 34.5 Å². The first-order valence-corrected chi connectivity index (χ1v) is 11.2. The summed E-state index contributed by atoms with van der Waals surface area (Å²) < 4.78 is 0. The zero-order valence-electron chi connectivity index (χ0n) is 17.6. The quantitative estimate of drug-likeness (QED) is 0.373. The molecule has 3 nitrogen and oxygen atoms in total. The van der Waals surface area contributed by atoms with Crippen molar-refractivity contribution in [3.63, 3.8) is 0 Å². The lowest BCUT2D eigenvalue weighted by Crippen LogP contribution is -2.29. The Morgan fingerprint density at radius 2 is 1.55 bits per heavy atom. The van der Waals surface area contributed by atoms with Gasteiger partial charge in [-0.15, -0.1) is 0 Å². The summed E-state index contributed by atoms with van der Waals surface area (Å²) >= 11 is 6.33. The Balaban J connectivity index is 1.48. The molecule has 1 amide bonds. The molecule has 4 heteroatoms. The minimum absolute atomic E-state index is 0.119. The van der Waals surface area contributed by atoms with Crippen molar-refractivity contribution in [1.82, 2.24) is 5.32 Å². The van der Waals surface area contributed by atoms with Crippen molar-refractivity contribution in [3.8, 4) is 0 Å². The molecule has 0 aromatic heterocycles. The predicted octanol–water partition coefficient (Wildman–Crippen LogP) is 6.19. The molecule has 0 unspecified atom stereocenters. The number of halogens is 1. The van der Waals surface area contributed by atoms with Crippen LogP contribution < -0.4 is 10.2 Å². The van der Waals surface area contributed by atoms with Gasteiger partial charge < -0.3 is 10.2 Å². The van der Waals surface area contributed by atoms with Crippen LogP contribution in [0.15, 0.2) is 78.9 Å². The van der Waals surface area contributed by atoms with Crippen LogP contribution in [0.25, 0.3) is 11.6 Å². The van der Waals surface area contributed by atoms with Crippen molar-refractivity contribution in [3.05, 3.63) is 101 Å². The van der Waals surface area contributed by atoms with Crippen molar-refractivity contribution in [1.29, 1.82) is 0 Å². The van der Waals surface area contributed by atoms with Crippen LogP contribution in [-0.2, 0) is 11.3 Å². The van der Waals surface area contributed by atoms with Crippen molar-refractivity contribution in [2.45, 2.75) is 25.8 Å². The molecule has 1 aliphatic heterocycles. The van der Waals surface area contributed by atoms with Crippen molar-refractivity contribution in [2.24, 2.45) is 0 Å². The van der Waals surface area contributed by atoms with Gasteiger partial charge in [-0.3, -0.25) is 4.79 Å². The van der Waals surface area contributed by atoms with Crippen LogP contribution >= 0.6 is 11.6 Å². The maximum absolute atomic E-state index is 13.1. The van der Waals surface area contributed by atoms with Gasteiger partial charge in [-0.05, 0) is 60.2 Å². The van der Waals surface area contributed by atoms with Crippen LogP contribution in [0.3, 0.4) is 0 Å². The first kappa shape index (κ1) is 21.2. The molecule has 1 heterocycles. The third-order valence-corrected chi connectivity index (χ3v) is 5.99. The van der Waals surface area contributed by atoms with Crippen molar-refractivity contribution < 1.29 is 4.79 Å². The number of nitrogens with one attached hydrogen (secondary N) is 1. The van der Waals surface area contributed by atoms with Gasteiger partial charge in [0.1, 0.15) is 0 Å². The highest BCUT2D eigenvalue weighted by Crippen LogP contribution is 2.24. The maximum Gasteiger partial charge on any atom is 0.252 e. The Hall–Kier alpha value is -3.04. The lowest BCUT2D eigenvalue weighted by molar-refractivity contribution is -0.115. The van der Waals surface area contributed by atoms with E-state index in [9.17, 15) is 4.79 Å². The summed E-state index contributed by atoms with van der Waals surface area (Å²) in [6.45, 7) is 2.73. The summed E-state index contributed by atoms with van der Waals surface area (Å²) in [6.07, 6.45) is 5.70. The second-order valence-electron chi connectivity index (χ2n) is 7.84. The van der Waals surface area contributed by atoms with Gasteiger partial charge >= 0.3 is 0 Å². The first-order chi connectivity index (χ1) is 15.2. The van der Waals surface area contributed by atoms with Crippen LogP contribution in [0.4, 0.5) is 5.69 Å². The molecule has 0 atom stereocenters. The molecule has 0 bridgehead atoms. The Kier molecular flexibility index (Phi) is 7.06. The molecular formula is C27H27ClN2O. The minimum atomic E-state index is -0.119. The molecule has 0 spiro atoms. The van der Waals surface area contributed by atoms with Gasteiger partial charge in [-0.2, -0.15) is 0 Å². The number of anilines is 1. The van der Waals surface area contributed by atoms with Crippen LogP contribution in [0.2, 0.25) is 5.02 Å². The molecule has 1 aliphatic rings. The average Bonchev–Trinajstić information content (AvgIpc) is 2.83. The Labute approximate surface area is 189 Å². The standard InChI is InChI=1S/C27H27ClN2O/c28-26-12-6-5-11-23(26)19-25(22-9-3-1-4-10-22)27(31)29-20-21-13-15-24(16-14-21)30-17-7-2-8-18-30/h1,3-6,9-16,19H,2,7-8,17-18,20H2,(H,29,31)/b25-19+. The fourth-order valence-corrected chi connectivity index (χ4v) is 4.09.